The van der Waals surface area contributed by atoms with E-state index in [0.717, 1.165) is 12.8 Å². The number of ether oxygens (including phenoxy) is 1. The average molecular weight is 475 g/mol. The summed E-state index contributed by atoms with van der Waals surface area (Å²) >= 11 is 0. The van der Waals surface area contributed by atoms with Crippen LogP contribution < -0.4 is 5.32 Å². The van der Waals surface area contributed by atoms with E-state index < -0.39 is 21.9 Å². The summed E-state index contributed by atoms with van der Waals surface area (Å²) in [5.74, 6) is -0.591. The quantitative estimate of drug-likeness (QED) is 0.581. The van der Waals surface area contributed by atoms with E-state index in [1.165, 1.54) is 16.1 Å². The summed E-state index contributed by atoms with van der Waals surface area (Å²) in [4.78, 5) is 28.8. The lowest BCUT2D eigenvalue weighted by atomic mass is 9.96. The Morgan fingerprint density at radius 1 is 1.18 bits per heavy atom. The maximum atomic E-state index is 12.8. The zero-order chi connectivity index (χ0) is 23.6. The fourth-order valence-electron chi connectivity index (χ4n) is 4.20. The molecule has 2 aliphatic rings. The van der Waals surface area contributed by atoms with Crippen molar-refractivity contribution < 1.29 is 22.7 Å². The molecule has 1 N–H and O–H groups in total. The van der Waals surface area contributed by atoms with Crippen LogP contribution in [0, 0.1) is 12.8 Å². The molecule has 0 radical (unpaired) electrons. The van der Waals surface area contributed by atoms with E-state index in [0.29, 0.717) is 25.2 Å². The maximum Gasteiger partial charge on any atom is 0.309 e. The summed E-state index contributed by atoms with van der Waals surface area (Å²) in [5.41, 5.74) is 1.20. The van der Waals surface area contributed by atoms with Gasteiger partial charge in [0.2, 0.25) is 0 Å². The molecule has 4 rings (SSSR count). The first kappa shape index (κ1) is 23.4. The van der Waals surface area contributed by atoms with Crippen LogP contribution in [0.4, 0.5) is 0 Å². The van der Waals surface area contributed by atoms with Gasteiger partial charge in [0.1, 0.15) is 5.82 Å². The zero-order valence-corrected chi connectivity index (χ0v) is 19.8. The van der Waals surface area contributed by atoms with Crippen molar-refractivity contribution >= 4 is 21.9 Å². The van der Waals surface area contributed by atoms with E-state index in [4.69, 9.17) is 4.74 Å². The molecule has 0 bridgehead atoms. The average Bonchev–Trinajstić information content (AvgIpc) is 3.54. The molecule has 1 aliphatic heterocycles. The number of carbonyl (C=O) groups is 2. The molecular weight excluding hydrogens is 444 g/mol. The molecule has 9 nitrogen and oxygen atoms in total. The Bertz CT molecular complexity index is 1100. The first-order chi connectivity index (χ1) is 15.7. The minimum atomic E-state index is -3.69. The van der Waals surface area contributed by atoms with Crippen LogP contribution in [0.2, 0.25) is 0 Å². The van der Waals surface area contributed by atoms with Crippen LogP contribution in [0.3, 0.4) is 0 Å². The van der Waals surface area contributed by atoms with Crippen LogP contribution in [-0.2, 0) is 36.8 Å². The second-order valence-corrected chi connectivity index (χ2v) is 10.8. The maximum absolute atomic E-state index is 12.8. The fourth-order valence-corrected chi connectivity index (χ4v) is 5.69. The van der Waals surface area contributed by atoms with Crippen LogP contribution in [-0.4, -0.2) is 60.4 Å². The number of hydrogen-bond acceptors (Lipinski definition) is 6. The van der Waals surface area contributed by atoms with Crippen molar-refractivity contribution in [2.45, 2.75) is 43.0 Å². The SMILES string of the molecule is Cc1nc(S(=O)(=O)N2CCC(C(=O)OCC(=O)NCC3(c4ccccc4)CC3)CC2)cn1C. The number of imidazole rings is 1. The molecule has 1 aliphatic carbocycles. The van der Waals surface area contributed by atoms with Gasteiger partial charge in [0, 0.05) is 38.3 Å². The Balaban J connectivity index is 1.21. The van der Waals surface area contributed by atoms with Crippen LogP contribution in [0.25, 0.3) is 0 Å². The van der Waals surface area contributed by atoms with Gasteiger partial charge in [-0.25, -0.2) is 13.4 Å². The van der Waals surface area contributed by atoms with Gasteiger partial charge in [-0.2, -0.15) is 4.31 Å². The molecule has 0 spiro atoms. The normalized spacial score (nSPS) is 18.6. The predicted octanol–water partition coefficient (Wildman–Crippen LogP) is 1.52. The minimum absolute atomic E-state index is 0.00853. The van der Waals surface area contributed by atoms with Crippen LogP contribution in [0.5, 0.6) is 0 Å². The zero-order valence-electron chi connectivity index (χ0n) is 19.0. The highest BCUT2D eigenvalue weighted by molar-refractivity contribution is 7.89. The van der Waals surface area contributed by atoms with Gasteiger partial charge in [-0.15, -0.1) is 0 Å². The van der Waals surface area contributed by atoms with Gasteiger partial charge in [-0.05, 0) is 38.2 Å². The summed E-state index contributed by atoms with van der Waals surface area (Å²) in [7, 11) is -1.95. The number of aryl methyl sites for hydroxylation is 2. The number of hydrogen-bond donors (Lipinski definition) is 1. The number of sulfonamides is 1. The van der Waals surface area contributed by atoms with Gasteiger partial charge >= 0.3 is 5.97 Å². The third kappa shape index (κ3) is 5.11. The van der Waals surface area contributed by atoms with Crippen molar-refractivity contribution in [1.29, 1.82) is 0 Å². The van der Waals surface area contributed by atoms with Gasteiger partial charge in [-0.3, -0.25) is 9.59 Å². The lowest BCUT2D eigenvalue weighted by Gasteiger charge is -2.29. The Labute approximate surface area is 194 Å². The molecule has 1 amide bonds. The highest BCUT2D eigenvalue weighted by Crippen LogP contribution is 2.47. The number of esters is 1. The first-order valence-electron chi connectivity index (χ1n) is 11.2. The predicted molar refractivity (Wildman–Crippen MR) is 121 cm³/mol. The standard InChI is InChI=1S/C23H30N4O5S/c1-17-25-21(14-26(17)2)33(30,31)27-12-8-18(9-13-27)22(29)32-15-20(28)24-16-23(10-11-23)19-6-4-3-5-7-19/h3-7,14,18H,8-13,15-16H2,1-2H3,(H,24,28). The highest BCUT2D eigenvalue weighted by atomic mass is 32.2. The number of nitrogens with one attached hydrogen (secondary N) is 1. The van der Waals surface area contributed by atoms with Gasteiger partial charge in [-0.1, -0.05) is 30.3 Å². The highest BCUT2D eigenvalue weighted by Gasteiger charge is 2.44. The summed E-state index contributed by atoms with van der Waals surface area (Å²) < 4.78 is 33.8. The third-order valence-corrected chi connectivity index (χ3v) is 8.46. The van der Waals surface area contributed by atoms with Gasteiger partial charge in [0.05, 0.1) is 5.92 Å². The largest absolute Gasteiger partial charge is 0.455 e. The number of rotatable bonds is 8. The number of amides is 1. The number of piperidine rings is 1. The van der Waals surface area contributed by atoms with Gasteiger partial charge < -0.3 is 14.6 Å². The Morgan fingerprint density at radius 3 is 2.42 bits per heavy atom. The molecular formula is C23H30N4O5S. The second kappa shape index (κ2) is 9.26. The fraction of sp³-hybridized carbons (Fsp3) is 0.522. The van der Waals surface area contributed by atoms with Crippen molar-refractivity contribution in [1.82, 2.24) is 19.2 Å². The summed E-state index contributed by atoms with van der Waals surface area (Å²) in [6.45, 7) is 2.36. The molecule has 178 valence electrons. The number of nitrogens with zero attached hydrogens (tertiary/aromatic N) is 3. The first-order valence-corrected chi connectivity index (χ1v) is 12.6. The molecule has 2 fully saturated rings. The lowest BCUT2D eigenvalue weighted by molar-refractivity contribution is -0.153. The van der Waals surface area contributed by atoms with Crippen LogP contribution in [0.1, 0.15) is 37.1 Å². The van der Waals surface area contributed by atoms with E-state index >= 15 is 0 Å². The monoisotopic (exact) mass is 474 g/mol. The van der Waals surface area contributed by atoms with E-state index in [1.807, 2.05) is 18.2 Å². The van der Waals surface area contributed by atoms with Crippen molar-refractivity contribution in [3.05, 3.63) is 47.9 Å². The van der Waals surface area contributed by atoms with Crippen LogP contribution in [0.15, 0.2) is 41.6 Å². The summed E-state index contributed by atoms with van der Waals surface area (Å²) in [6.07, 6.45) is 4.24. The molecule has 33 heavy (non-hydrogen) atoms. The summed E-state index contributed by atoms with van der Waals surface area (Å²) in [6, 6.07) is 10.1. The van der Waals surface area contributed by atoms with Crippen LogP contribution >= 0.6 is 0 Å². The van der Waals surface area contributed by atoms with Crippen molar-refractivity contribution in [3.8, 4) is 0 Å². The summed E-state index contributed by atoms with van der Waals surface area (Å²) in [5, 5.41) is 2.90. The van der Waals surface area contributed by atoms with Gasteiger partial charge in [0.25, 0.3) is 15.9 Å². The molecule has 2 aromatic rings. The molecule has 1 saturated heterocycles. The smallest absolute Gasteiger partial charge is 0.309 e. The van der Waals surface area contributed by atoms with E-state index in [9.17, 15) is 18.0 Å². The topological polar surface area (TPSA) is 111 Å². The Hall–Kier alpha value is -2.72. The van der Waals surface area contributed by atoms with E-state index in [1.54, 1.807) is 18.5 Å². The Kier molecular flexibility index (Phi) is 6.58. The Morgan fingerprint density at radius 2 is 1.85 bits per heavy atom. The molecule has 1 saturated carbocycles. The number of carbonyl (C=O) groups excluding carboxylic acids is 2. The van der Waals surface area contributed by atoms with Crippen molar-refractivity contribution in [3.63, 3.8) is 0 Å². The second-order valence-electron chi connectivity index (χ2n) is 8.95. The molecule has 10 heteroatoms. The van der Waals surface area contributed by atoms with Crippen molar-refractivity contribution in [2.75, 3.05) is 26.2 Å². The molecule has 0 atom stereocenters. The third-order valence-electron chi connectivity index (χ3n) is 6.69. The molecule has 1 aromatic carbocycles. The number of benzene rings is 1. The molecule has 2 heterocycles. The molecule has 0 unspecified atom stereocenters. The molecule has 1 aromatic heterocycles. The minimum Gasteiger partial charge on any atom is -0.455 e. The van der Waals surface area contributed by atoms with E-state index in [-0.39, 0.29) is 36.0 Å². The van der Waals surface area contributed by atoms with Crippen molar-refractivity contribution in [2.24, 2.45) is 13.0 Å². The van der Waals surface area contributed by atoms with Gasteiger partial charge in [0.15, 0.2) is 11.6 Å². The lowest BCUT2D eigenvalue weighted by Crippen LogP contribution is -2.41. The van der Waals surface area contributed by atoms with E-state index in [2.05, 4.69) is 22.4 Å². The number of aromatic nitrogens is 2.